The number of para-hydroxylation sites is 2. The van der Waals surface area contributed by atoms with E-state index in [1.807, 2.05) is 18.5 Å². The van der Waals surface area contributed by atoms with Crippen molar-refractivity contribution in [2.45, 2.75) is 32.2 Å². The maximum absolute atomic E-state index is 4.26. The van der Waals surface area contributed by atoms with Crippen LogP contribution in [0.25, 0.3) is 0 Å². The summed E-state index contributed by atoms with van der Waals surface area (Å²) < 4.78 is 0. The predicted octanol–water partition coefficient (Wildman–Crippen LogP) is 3.78. The van der Waals surface area contributed by atoms with Gasteiger partial charge in [-0.25, -0.2) is 0 Å². The summed E-state index contributed by atoms with van der Waals surface area (Å²) in [5.41, 5.74) is 4.03. The molecule has 0 atom stereocenters. The molecule has 0 amide bonds. The van der Waals surface area contributed by atoms with Gasteiger partial charge in [0.1, 0.15) is 0 Å². The van der Waals surface area contributed by atoms with Gasteiger partial charge in [0.2, 0.25) is 0 Å². The van der Waals surface area contributed by atoms with Crippen LogP contribution in [0.2, 0.25) is 0 Å². The van der Waals surface area contributed by atoms with Crippen molar-refractivity contribution in [3.05, 3.63) is 54.4 Å². The predicted molar refractivity (Wildman–Crippen MR) is 109 cm³/mol. The van der Waals surface area contributed by atoms with Crippen LogP contribution in [0.1, 0.15) is 31.2 Å². The van der Waals surface area contributed by atoms with Crippen molar-refractivity contribution in [1.82, 2.24) is 9.88 Å². The fourth-order valence-corrected chi connectivity index (χ4v) is 4.26. The molecule has 0 radical (unpaired) electrons. The topological polar surface area (TPSA) is 22.6 Å². The van der Waals surface area contributed by atoms with Crippen molar-refractivity contribution in [2.75, 3.05) is 49.1 Å². The standard InChI is InChI=1S/C22H30N4/c1-4-12-24(13-5-1)14-7-15-25-16-17-26(19-20-8-6-11-23-18-20)22-10-3-2-9-21(22)25/h2-3,6,8-11,18H,1,4-5,7,12-17,19H2. The normalized spacial score (nSPS) is 18.0. The number of likely N-dealkylation sites (tertiary alicyclic amines) is 1. The molecule has 4 heteroatoms. The zero-order valence-electron chi connectivity index (χ0n) is 15.7. The molecule has 0 N–H and O–H groups in total. The van der Waals surface area contributed by atoms with Crippen LogP contribution in [0.15, 0.2) is 48.8 Å². The van der Waals surface area contributed by atoms with Gasteiger partial charge in [-0.05, 0) is 62.7 Å². The fraction of sp³-hybridized carbons (Fsp3) is 0.500. The third-order valence-electron chi connectivity index (χ3n) is 5.65. The van der Waals surface area contributed by atoms with E-state index in [-0.39, 0.29) is 0 Å². The number of pyridine rings is 1. The molecular formula is C22H30N4. The van der Waals surface area contributed by atoms with E-state index in [4.69, 9.17) is 0 Å². The molecule has 0 bridgehead atoms. The Morgan fingerprint density at radius 3 is 2.31 bits per heavy atom. The van der Waals surface area contributed by atoms with E-state index < -0.39 is 0 Å². The van der Waals surface area contributed by atoms with E-state index >= 15 is 0 Å². The van der Waals surface area contributed by atoms with Crippen molar-refractivity contribution in [1.29, 1.82) is 0 Å². The maximum Gasteiger partial charge on any atom is 0.0607 e. The van der Waals surface area contributed by atoms with Gasteiger partial charge in [0.15, 0.2) is 0 Å². The summed E-state index contributed by atoms with van der Waals surface area (Å²) in [5, 5.41) is 0. The molecule has 138 valence electrons. The minimum atomic E-state index is 0.937. The van der Waals surface area contributed by atoms with Crippen molar-refractivity contribution in [3.63, 3.8) is 0 Å². The Balaban J connectivity index is 1.39. The van der Waals surface area contributed by atoms with Crippen LogP contribution in [-0.2, 0) is 6.54 Å². The summed E-state index contributed by atoms with van der Waals surface area (Å²) in [7, 11) is 0. The van der Waals surface area contributed by atoms with Gasteiger partial charge in [-0.2, -0.15) is 0 Å². The quantitative estimate of drug-likeness (QED) is 0.791. The second-order valence-corrected chi connectivity index (χ2v) is 7.51. The molecule has 4 rings (SSSR count). The number of rotatable bonds is 6. The summed E-state index contributed by atoms with van der Waals surface area (Å²) in [6, 6.07) is 13.1. The largest absolute Gasteiger partial charge is 0.368 e. The average Bonchev–Trinajstić information content (AvgIpc) is 2.71. The second-order valence-electron chi connectivity index (χ2n) is 7.51. The number of piperidine rings is 1. The Bertz CT molecular complexity index is 682. The van der Waals surface area contributed by atoms with Crippen LogP contribution in [0.3, 0.4) is 0 Å². The van der Waals surface area contributed by atoms with Crippen LogP contribution in [0.4, 0.5) is 11.4 Å². The lowest BCUT2D eigenvalue weighted by Gasteiger charge is -2.39. The second kappa shape index (κ2) is 8.54. The lowest BCUT2D eigenvalue weighted by molar-refractivity contribution is 0.227. The number of hydrogen-bond donors (Lipinski definition) is 0. The summed E-state index contributed by atoms with van der Waals surface area (Å²) in [6.07, 6.45) is 9.27. The molecule has 1 aromatic carbocycles. The van der Waals surface area contributed by atoms with Gasteiger partial charge in [0.25, 0.3) is 0 Å². The molecule has 4 nitrogen and oxygen atoms in total. The van der Waals surface area contributed by atoms with Crippen LogP contribution < -0.4 is 9.80 Å². The van der Waals surface area contributed by atoms with Crippen LogP contribution in [-0.4, -0.2) is 49.2 Å². The van der Waals surface area contributed by atoms with E-state index in [1.54, 1.807) is 0 Å². The molecule has 2 aliphatic heterocycles. The fourth-order valence-electron chi connectivity index (χ4n) is 4.26. The molecule has 1 aromatic heterocycles. The Morgan fingerprint density at radius 2 is 1.54 bits per heavy atom. The Hall–Kier alpha value is -2.07. The SMILES string of the molecule is c1cncc(CN2CCN(CCCN3CCCCC3)c3ccccc32)c1. The Labute approximate surface area is 157 Å². The molecule has 3 heterocycles. The first-order chi connectivity index (χ1) is 12.9. The van der Waals surface area contributed by atoms with Crippen LogP contribution in [0, 0.1) is 0 Å². The first-order valence-electron chi connectivity index (χ1n) is 10.1. The van der Waals surface area contributed by atoms with Crippen molar-refractivity contribution < 1.29 is 0 Å². The third-order valence-corrected chi connectivity index (χ3v) is 5.65. The number of anilines is 2. The molecule has 0 aliphatic carbocycles. The first kappa shape index (κ1) is 17.3. The summed E-state index contributed by atoms with van der Waals surface area (Å²) >= 11 is 0. The minimum absolute atomic E-state index is 0.937. The van der Waals surface area contributed by atoms with Crippen molar-refractivity contribution >= 4 is 11.4 Å². The molecule has 2 aromatic rings. The van der Waals surface area contributed by atoms with Crippen molar-refractivity contribution in [3.8, 4) is 0 Å². The van der Waals surface area contributed by atoms with Crippen LogP contribution >= 0.6 is 0 Å². The van der Waals surface area contributed by atoms with Crippen molar-refractivity contribution in [2.24, 2.45) is 0 Å². The first-order valence-corrected chi connectivity index (χ1v) is 10.1. The maximum atomic E-state index is 4.26. The van der Waals surface area contributed by atoms with E-state index in [0.29, 0.717) is 0 Å². The number of benzene rings is 1. The highest BCUT2D eigenvalue weighted by molar-refractivity contribution is 5.73. The number of fused-ring (bicyclic) bond motifs is 1. The van der Waals surface area contributed by atoms with Crippen LogP contribution in [0.5, 0.6) is 0 Å². The molecule has 1 saturated heterocycles. The van der Waals surface area contributed by atoms with Gasteiger partial charge < -0.3 is 14.7 Å². The van der Waals surface area contributed by atoms with E-state index in [2.05, 4.69) is 50.0 Å². The molecule has 26 heavy (non-hydrogen) atoms. The summed E-state index contributed by atoms with van der Waals surface area (Å²) in [4.78, 5) is 12.0. The van der Waals surface area contributed by atoms with Gasteiger partial charge in [0.05, 0.1) is 11.4 Å². The summed E-state index contributed by atoms with van der Waals surface area (Å²) in [5.74, 6) is 0. The molecule has 0 spiro atoms. The van der Waals surface area contributed by atoms with Gasteiger partial charge >= 0.3 is 0 Å². The van der Waals surface area contributed by atoms with Gasteiger partial charge in [-0.1, -0.05) is 24.6 Å². The minimum Gasteiger partial charge on any atom is -0.368 e. The Morgan fingerprint density at radius 1 is 0.769 bits per heavy atom. The van der Waals surface area contributed by atoms with E-state index in [9.17, 15) is 0 Å². The summed E-state index contributed by atoms with van der Waals surface area (Å²) in [6.45, 7) is 8.14. The highest BCUT2D eigenvalue weighted by Crippen LogP contribution is 2.33. The number of hydrogen-bond acceptors (Lipinski definition) is 4. The highest BCUT2D eigenvalue weighted by atomic mass is 15.3. The molecule has 2 aliphatic rings. The Kier molecular flexibility index (Phi) is 5.70. The monoisotopic (exact) mass is 350 g/mol. The lowest BCUT2D eigenvalue weighted by Crippen LogP contribution is -2.42. The molecule has 1 fully saturated rings. The molecular weight excluding hydrogens is 320 g/mol. The number of nitrogens with zero attached hydrogens (tertiary/aromatic N) is 4. The van der Waals surface area contributed by atoms with E-state index in [1.165, 1.54) is 62.3 Å². The average molecular weight is 351 g/mol. The smallest absolute Gasteiger partial charge is 0.0607 e. The molecule has 0 saturated carbocycles. The lowest BCUT2D eigenvalue weighted by atomic mass is 10.1. The van der Waals surface area contributed by atoms with E-state index in [0.717, 1.165) is 26.2 Å². The number of aromatic nitrogens is 1. The van der Waals surface area contributed by atoms with Gasteiger partial charge in [-0.15, -0.1) is 0 Å². The zero-order valence-corrected chi connectivity index (χ0v) is 15.7. The molecule has 0 unspecified atom stereocenters. The van der Waals surface area contributed by atoms with Gasteiger partial charge in [-0.3, -0.25) is 4.98 Å². The highest BCUT2D eigenvalue weighted by Gasteiger charge is 2.22. The zero-order chi connectivity index (χ0) is 17.6. The van der Waals surface area contributed by atoms with Gasteiger partial charge in [0, 0.05) is 38.6 Å². The third kappa shape index (κ3) is 4.18.